The summed E-state index contributed by atoms with van der Waals surface area (Å²) in [6.07, 6.45) is 4.11. The Bertz CT molecular complexity index is 554. The third kappa shape index (κ3) is 5.84. The molecule has 0 bridgehead atoms. The van der Waals surface area contributed by atoms with Crippen LogP contribution in [0.5, 0.6) is 0 Å². The van der Waals surface area contributed by atoms with Gasteiger partial charge in [0.1, 0.15) is 0 Å². The second-order valence-corrected chi connectivity index (χ2v) is 6.63. The van der Waals surface area contributed by atoms with E-state index in [0.29, 0.717) is 12.3 Å². The number of amides is 1. The van der Waals surface area contributed by atoms with Gasteiger partial charge in [-0.1, -0.05) is 87.4 Å². The summed E-state index contributed by atoms with van der Waals surface area (Å²) in [6, 6.07) is 20.6. The summed E-state index contributed by atoms with van der Waals surface area (Å²) in [5.74, 6) is 0.787. The SMILES string of the molecule is CCCC[C@H](C)CNC(=O)CC(c1ccccc1)c1ccccc1. The van der Waals surface area contributed by atoms with Gasteiger partial charge in [-0.2, -0.15) is 0 Å². The van der Waals surface area contributed by atoms with Crippen molar-refractivity contribution in [3.63, 3.8) is 0 Å². The van der Waals surface area contributed by atoms with Crippen LogP contribution in [-0.2, 0) is 4.79 Å². The zero-order chi connectivity index (χ0) is 17.2. The molecule has 0 heterocycles. The average Bonchev–Trinajstić information content (AvgIpc) is 2.64. The van der Waals surface area contributed by atoms with Crippen LogP contribution < -0.4 is 5.32 Å². The van der Waals surface area contributed by atoms with Crippen molar-refractivity contribution >= 4 is 5.91 Å². The highest BCUT2D eigenvalue weighted by molar-refractivity contribution is 5.77. The highest BCUT2D eigenvalue weighted by Crippen LogP contribution is 2.27. The zero-order valence-corrected chi connectivity index (χ0v) is 14.9. The van der Waals surface area contributed by atoms with Crippen molar-refractivity contribution in [3.8, 4) is 0 Å². The lowest BCUT2D eigenvalue weighted by Gasteiger charge is -2.19. The molecule has 128 valence electrons. The Labute approximate surface area is 146 Å². The summed E-state index contributed by atoms with van der Waals surface area (Å²) in [6.45, 7) is 5.19. The smallest absolute Gasteiger partial charge is 0.220 e. The van der Waals surface area contributed by atoms with E-state index >= 15 is 0 Å². The Balaban J connectivity index is 2.00. The second kappa shape index (κ2) is 9.92. The molecule has 2 rings (SSSR count). The van der Waals surface area contributed by atoms with Crippen molar-refractivity contribution < 1.29 is 4.79 Å². The third-order valence-electron chi connectivity index (χ3n) is 4.49. The van der Waals surface area contributed by atoms with E-state index in [0.717, 1.165) is 6.54 Å². The molecule has 0 aliphatic carbocycles. The van der Waals surface area contributed by atoms with Crippen molar-refractivity contribution in [2.24, 2.45) is 5.92 Å². The molecule has 0 aliphatic rings. The van der Waals surface area contributed by atoms with Crippen LogP contribution in [0.3, 0.4) is 0 Å². The van der Waals surface area contributed by atoms with Crippen LogP contribution in [0, 0.1) is 5.92 Å². The van der Waals surface area contributed by atoms with Crippen LogP contribution in [0.2, 0.25) is 0 Å². The van der Waals surface area contributed by atoms with Gasteiger partial charge in [0.15, 0.2) is 0 Å². The van der Waals surface area contributed by atoms with Gasteiger partial charge in [0.25, 0.3) is 0 Å². The van der Waals surface area contributed by atoms with Crippen molar-refractivity contribution in [3.05, 3.63) is 71.8 Å². The highest BCUT2D eigenvalue weighted by atomic mass is 16.1. The summed E-state index contributed by atoms with van der Waals surface area (Å²) in [7, 11) is 0. The van der Waals surface area contributed by atoms with Gasteiger partial charge in [0.2, 0.25) is 5.91 Å². The van der Waals surface area contributed by atoms with Gasteiger partial charge in [-0.15, -0.1) is 0 Å². The molecule has 2 aromatic carbocycles. The van der Waals surface area contributed by atoms with E-state index in [4.69, 9.17) is 0 Å². The molecule has 0 aromatic heterocycles. The largest absolute Gasteiger partial charge is 0.356 e. The third-order valence-corrected chi connectivity index (χ3v) is 4.49. The Morgan fingerprint density at radius 2 is 1.50 bits per heavy atom. The molecule has 0 radical (unpaired) electrons. The maximum atomic E-state index is 12.5. The average molecular weight is 323 g/mol. The number of nitrogens with one attached hydrogen (secondary N) is 1. The molecule has 0 saturated heterocycles. The molecule has 2 aromatic rings. The quantitative estimate of drug-likeness (QED) is 0.679. The minimum absolute atomic E-state index is 0.110. The van der Waals surface area contributed by atoms with Gasteiger partial charge in [0.05, 0.1) is 0 Å². The van der Waals surface area contributed by atoms with E-state index in [9.17, 15) is 4.79 Å². The molecule has 0 saturated carbocycles. The summed E-state index contributed by atoms with van der Waals surface area (Å²) in [4.78, 5) is 12.5. The highest BCUT2D eigenvalue weighted by Gasteiger charge is 2.18. The number of rotatable bonds is 9. The summed E-state index contributed by atoms with van der Waals surface area (Å²) >= 11 is 0. The molecular weight excluding hydrogens is 294 g/mol. The van der Waals surface area contributed by atoms with Crippen LogP contribution in [0.4, 0.5) is 0 Å². The van der Waals surface area contributed by atoms with Crippen LogP contribution in [0.15, 0.2) is 60.7 Å². The fraction of sp³-hybridized carbons (Fsp3) is 0.409. The first-order chi connectivity index (χ1) is 11.7. The first-order valence-electron chi connectivity index (χ1n) is 9.07. The predicted molar refractivity (Wildman–Crippen MR) is 101 cm³/mol. The molecule has 2 nitrogen and oxygen atoms in total. The zero-order valence-electron chi connectivity index (χ0n) is 14.9. The van der Waals surface area contributed by atoms with Crippen LogP contribution in [0.1, 0.15) is 56.6 Å². The first-order valence-corrected chi connectivity index (χ1v) is 9.07. The first kappa shape index (κ1) is 18.3. The molecule has 1 amide bonds. The summed E-state index contributed by atoms with van der Waals surface area (Å²) in [5, 5.41) is 3.12. The van der Waals surface area contributed by atoms with Gasteiger partial charge in [0, 0.05) is 18.9 Å². The van der Waals surface area contributed by atoms with Gasteiger partial charge in [-0.05, 0) is 23.5 Å². The van der Waals surface area contributed by atoms with E-state index in [1.165, 1.54) is 30.4 Å². The molecular formula is C22H29NO. The fourth-order valence-electron chi connectivity index (χ4n) is 3.00. The number of carbonyl (C=O) groups excluding carboxylic acids is 1. The normalized spacial score (nSPS) is 12.1. The monoisotopic (exact) mass is 323 g/mol. The summed E-state index contributed by atoms with van der Waals surface area (Å²) < 4.78 is 0. The van der Waals surface area contributed by atoms with E-state index < -0.39 is 0 Å². The minimum Gasteiger partial charge on any atom is -0.356 e. The second-order valence-electron chi connectivity index (χ2n) is 6.63. The lowest BCUT2D eigenvalue weighted by Crippen LogP contribution is -2.29. The molecule has 1 atom stereocenters. The molecule has 0 unspecified atom stereocenters. The Kier molecular flexibility index (Phi) is 7.54. The number of hydrogen-bond donors (Lipinski definition) is 1. The number of unbranched alkanes of at least 4 members (excludes halogenated alkanes) is 1. The van der Waals surface area contributed by atoms with Crippen LogP contribution in [0.25, 0.3) is 0 Å². The van der Waals surface area contributed by atoms with Gasteiger partial charge < -0.3 is 5.32 Å². The Morgan fingerprint density at radius 3 is 2.00 bits per heavy atom. The van der Waals surface area contributed by atoms with E-state index in [2.05, 4.69) is 43.4 Å². The molecule has 0 fully saturated rings. The number of benzene rings is 2. The lowest BCUT2D eigenvalue weighted by atomic mass is 9.88. The van der Waals surface area contributed by atoms with Crippen LogP contribution in [-0.4, -0.2) is 12.5 Å². The predicted octanol–water partition coefficient (Wildman–Crippen LogP) is 5.15. The van der Waals surface area contributed by atoms with Crippen molar-refractivity contribution in [2.45, 2.75) is 45.4 Å². The molecule has 0 aliphatic heterocycles. The van der Waals surface area contributed by atoms with Crippen LogP contribution >= 0.6 is 0 Å². The van der Waals surface area contributed by atoms with E-state index in [1.54, 1.807) is 0 Å². The molecule has 1 N–H and O–H groups in total. The van der Waals surface area contributed by atoms with Gasteiger partial charge in [-0.3, -0.25) is 4.79 Å². The fourth-order valence-corrected chi connectivity index (χ4v) is 3.00. The minimum atomic E-state index is 0.110. The Hall–Kier alpha value is -2.09. The van der Waals surface area contributed by atoms with Crippen molar-refractivity contribution in [1.82, 2.24) is 5.32 Å². The van der Waals surface area contributed by atoms with E-state index in [-0.39, 0.29) is 11.8 Å². The van der Waals surface area contributed by atoms with Crippen molar-refractivity contribution in [2.75, 3.05) is 6.54 Å². The number of carbonyl (C=O) groups is 1. The topological polar surface area (TPSA) is 29.1 Å². The molecule has 0 spiro atoms. The van der Waals surface area contributed by atoms with E-state index in [1.807, 2.05) is 36.4 Å². The standard InChI is InChI=1S/C22H29NO/c1-3-4-11-18(2)17-23-22(24)16-21(19-12-7-5-8-13-19)20-14-9-6-10-15-20/h5-10,12-15,18,21H,3-4,11,16-17H2,1-2H3,(H,23,24)/t18-/m0/s1. The number of hydrogen-bond acceptors (Lipinski definition) is 1. The Morgan fingerprint density at radius 1 is 0.958 bits per heavy atom. The molecule has 2 heteroatoms. The summed E-state index contributed by atoms with van der Waals surface area (Å²) in [5.41, 5.74) is 2.38. The molecule has 24 heavy (non-hydrogen) atoms. The van der Waals surface area contributed by atoms with Crippen molar-refractivity contribution in [1.29, 1.82) is 0 Å². The maximum absolute atomic E-state index is 12.5. The lowest BCUT2D eigenvalue weighted by molar-refractivity contribution is -0.121. The van der Waals surface area contributed by atoms with Gasteiger partial charge in [-0.25, -0.2) is 0 Å². The maximum Gasteiger partial charge on any atom is 0.220 e. The van der Waals surface area contributed by atoms with Gasteiger partial charge >= 0.3 is 0 Å².